The highest BCUT2D eigenvalue weighted by molar-refractivity contribution is 5.78. The first-order valence-corrected chi connectivity index (χ1v) is 10.1. The number of ether oxygens (including phenoxy) is 1. The number of nitrogens with one attached hydrogen (secondary N) is 1. The lowest BCUT2D eigenvalue weighted by atomic mass is 9.97. The Kier molecular flexibility index (Phi) is 4.33. The maximum atomic E-state index is 10.8. The molecule has 1 aromatic carbocycles. The summed E-state index contributed by atoms with van der Waals surface area (Å²) < 4.78 is 8.53. The van der Waals surface area contributed by atoms with Crippen molar-refractivity contribution >= 4 is 11.0 Å². The number of aliphatic hydroxyl groups is 1. The van der Waals surface area contributed by atoms with Crippen molar-refractivity contribution in [2.24, 2.45) is 0 Å². The molecule has 0 saturated heterocycles. The van der Waals surface area contributed by atoms with Crippen molar-refractivity contribution in [2.45, 2.75) is 57.9 Å². The minimum atomic E-state index is -0.449. The number of hydrogen-bond donors (Lipinski definition) is 2. The molecule has 1 fully saturated rings. The van der Waals surface area contributed by atoms with Gasteiger partial charge in [0.25, 0.3) is 0 Å². The third-order valence-corrected chi connectivity index (χ3v) is 6.13. The molecule has 2 N–H and O–H groups in total. The van der Waals surface area contributed by atoms with E-state index in [2.05, 4.69) is 38.9 Å². The highest BCUT2D eigenvalue weighted by Gasteiger charge is 2.36. The predicted molar refractivity (Wildman–Crippen MR) is 108 cm³/mol. The number of aromatic nitrogens is 3. The molecule has 28 heavy (non-hydrogen) atoms. The van der Waals surface area contributed by atoms with E-state index in [0.29, 0.717) is 6.42 Å². The minimum absolute atomic E-state index is 0.00629. The molecule has 0 amide bonds. The van der Waals surface area contributed by atoms with Crippen LogP contribution in [-0.4, -0.2) is 38.4 Å². The van der Waals surface area contributed by atoms with Crippen molar-refractivity contribution < 1.29 is 9.84 Å². The molecule has 2 aliphatic rings. The number of benzene rings is 1. The second kappa shape index (κ2) is 6.87. The fourth-order valence-corrected chi connectivity index (χ4v) is 4.71. The van der Waals surface area contributed by atoms with E-state index in [1.54, 1.807) is 6.33 Å². The normalized spacial score (nSPS) is 24.5. The van der Waals surface area contributed by atoms with Crippen LogP contribution in [0, 0.1) is 13.8 Å². The Hall–Kier alpha value is -2.44. The van der Waals surface area contributed by atoms with Crippen molar-refractivity contribution in [1.29, 1.82) is 0 Å². The summed E-state index contributed by atoms with van der Waals surface area (Å²) in [6.07, 6.45) is 5.59. The standard InChI is InChI=1S/C22H26N4O2/c1-13-7-15-3-5-23-11-18(15)21(8-13)28-16-9-19(20(27)10-16)26-6-4-17-14(2)24-12-25-22(17)26/h4,6-8,12,16,19-20,23,27H,3,5,9-11H2,1-2H3/t16?,19?,20-/m1/s1. The zero-order chi connectivity index (χ0) is 19.3. The third kappa shape index (κ3) is 2.97. The van der Waals surface area contributed by atoms with Crippen molar-refractivity contribution in [3.8, 4) is 5.75 Å². The zero-order valence-corrected chi connectivity index (χ0v) is 16.4. The molecule has 0 spiro atoms. The zero-order valence-electron chi connectivity index (χ0n) is 16.4. The Morgan fingerprint density at radius 3 is 3.00 bits per heavy atom. The Morgan fingerprint density at radius 2 is 2.11 bits per heavy atom. The smallest absolute Gasteiger partial charge is 0.143 e. The van der Waals surface area contributed by atoms with Crippen LogP contribution in [0.25, 0.3) is 11.0 Å². The van der Waals surface area contributed by atoms with Gasteiger partial charge in [-0.05, 0) is 50.1 Å². The Labute approximate surface area is 164 Å². The van der Waals surface area contributed by atoms with Crippen LogP contribution in [0.5, 0.6) is 5.75 Å². The number of hydrogen-bond acceptors (Lipinski definition) is 5. The van der Waals surface area contributed by atoms with Gasteiger partial charge < -0.3 is 19.7 Å². The summed E-state index contributed by atoms with van der Waals surface area (Å²) in [5, 5.41) is 15.3. The maximum absolute atomic E-state index is 10.8. The number of aryl methyl sites for hydroxylation is 2. The van der Waals surface area contributed by atoms with E-state index in [1.807, 2.05) is 19.2 Å². The molecule has 146 valence electrons. The summed E-state index contributed by atoms with van der Waals surface area (Å²) >= 11 is 0. The van der Waals surface area contributed by atoms with Gasteiger partial charge in [-0.1, -0.05) is 6.07 Å². The van der Waals surface area contributed by atoms with E-state index in [9.17, 15) is 5.11 Å². The molecule has 6 heteroatoms. The van der Waals surface area contributed by atoms with Gasteiger partial charge in [0.15, 0.2) is 0 Å². The van der Waals surface area contributed by atoms with Crippen LogP contribution >= 0.6 is 0 Å². The van der Waals surface area contributed by atoms with E-state index in [4.69, 9.17) is 4.74 Å². The highest BCUT2D eigenvalue weighted by Crippen LogP contribution is 2.37. The molecule has 1 aliphatic carbocycles. The first kappa shape index (κ1) is 17.6. The van der Waals surface area contributed by atoms with E-state index in [0.717, 1.165) is 48.4 Å². The Bertz CT molecular complexity index is 1030. The SMILES string of the molecule is Cc1cc2c(c(OC3CC(n4ccc5c(C)ncnc54)[C@H](O)C3)c1)CNCC2. The number of aliphatic hydroxyl groups excluding tert-OH is 1. The lowest BCUT2D eigenvalue weighted by Crippen LogP contribution is -2.25. The van der Waals surface area contributed by atoms with Gasteiger partial charge in [-0.25, -0.2) is 9.97 Å². The monoisotopic (exact) mass is 378 g/mol. The Morgan fingerprint density at radius 1 is 1.21 bits per heavy atom. The molecular weight excluding hydrogens is 352 g/mol. The number of nitrogens with zero attached hydrogens (tertiary/aromatic N) is 3. The summed E-state index contributed by atoms with van der Waals surface area (Å²) in [6, 6.07) is 6.40. The van der Waals surface area contributed by atoms with Crippen LogP contribution < -0.4 is 10.1 Å². The summed E-state index contributed by atoms with van der Waals surface area (Å²) in [7, 11) is 0. The predicted octanol–water partition coefficient (Wildman–Crippen LogP) is 2.84. The molecule has 2 aromatic heterocycles. The second-order valence-corrected chi connectivity index (χ2v) is 8.09. The van der Waals surface area contributed by atoms with Gasteiger partial charge >= 0.3 is 0 Å². The lowest BCUT2D eigenvalue weighted by molar-refractivity contribution is 0.127. The van der Waals surface area contributed by atoms with E-state index < -0.39 is 6.10 Å². The third-order valence-electron chi connectivity index (χ3n) is 6.13. The van der Waals surface area contributed by atoms with Gasteiger partial charge in [0.05, 0.1) is 17.8 Å². The van der Waals surface area contributed by atoms with E-state index in [-0.39, 0.29) is 12.1 Å². The molecule has 3 aromatic rings. The van der Waals surface area contributed by atoms with Crippen LogP contribution in [0.15, 0.2) is 30.7 Å². The summed E-state index contributed by atoms with van der Waals surface area (Å²) in [5.41, 5.74) is 5.73. The van der Waals surface area contributed by atoms with Crippen molar-refractivity contribution in [1.82, 2.24) is 19.9 Å². The quantitative estimate of drug-likeness (QED) is 0.733. The van der Waals surface area contributed by atoms with Crippen LogP contribution in [0.2, 0.25) is 0 Å². The van der Waals surface area contributed by atoms with Gasteiger partial charge in [-0.3, -0.25) is 0 Å². The highest BCUT2D eigenvalue weighted by atomic mass is 16.5. The second-order valence-electron chi connectivity index (χ2n) is 8.09. The van der Waals surface area contributed by atoms with Gasteiger partial charge in [0.1, 0.15) is 23.8 Å². The van der Waals surface area contributed by atoms with Crippen molar-refractivity contribution in [3.05, 3.63) is 53.1 Å². The fraction of sp³-hybridized carbons (Fsp3) is 0.455. The van der Waals surface area contributed by atoms with Crippen molar-refractivity contribution in [3.63, 3.8) is 0 Å². The molecule has 0 radical (unpaired) electrons. The first-order valence-electron chi connectivity index (χ1n) is 10.1. The number of fused-ring (bicyclic) bond motifs is 2. The summed E-state index contributed by atoms with van der Waals surface area (Å²) in [5.74, 6) is 0.968. The molecule has 6 nitrogen and oxygen atoms in total. The fourth-order valence-electron chi connectivity index (χ4n) is 4.71. The average Bonchev–Trinajstić information content (AvgIpc) is 3.25. The van der Waals surface area contributed by atoms with Gasteiger partial charge in [0, 0.05) is 36.5 Å². The number of rotatable bonds is 3. The van der Waals surface area contributed by atoms with Gasteiger partial charge in [-0.15, -0.1) is 0 Å². The molecule has 3 heterocycles. The molecule has 1 saturated carbocycles. The molecule has 2 unspecified atom stereocenters. The molecule has 0 bridgehead atoms. The van der Waals surface area contributed by atoms with Gasteiger partial charge in [0.2, 0.25) is 0 Å². The van der Waals surface area contributed by atoms with Crippen LogP contribution in [0.4, 0.5) is 0 Å². The van der Waals surface area contributed by atoms with E-state index >= 15 is 0 Å². The summed E-state index contributed by atoms with van der Waals surface area (Å²) in [6.45, 7) is 5.97. The van der Waals surface area contributed by atoms with Crippen LogP contribution in [0.3, 0.4) is 0 Å². The maximum Gasteiger partial charge on any atom is 0.143 e. The van der Waals surface area contributed by atoms with E-state index in [1.165, 1.54) is 16.7 Å². The molecule has 3 atom stereocenters. The molecular formula is C22H26N4O2. The first-order chi connectivity index (χ1) is 13.6. The van der Waals surface area contributed by atoms with Gasteiger partial charge in [-0.2, -0.15) is 0 Å². The molecule has 5 rings (SSSR count). The molecule has 1 aliphatic heterocycles. The topological polar surface area (TPSA) is 72.2 Å². The summed E-state index contributed by atoms with van der Waals surface area (Å²) in [4.78, 5) is 8.72. The minimum Gasteiger partial charge on any atom is -0.490 e. The van der Waals surface area contributed by atoms with Crippen LogP contribution in [0.1, 0.15) is 41.3 Å². The largest absolute Gasteiger partial charge is 0.490 e. The van der Waals surface area contributed by atoms with Crippen LogP contribution in [-0.2, 0) is 13.0 Å². The average molecular weight is 378 g/mol. The van der Waals surface area contributed by atoms with Crippen molar-refractivity contribution in [2.75, 3.05) is 6.54 Å². The Balaban J connectivity index is 1.41. The lowest BCUT2D eigenvalue weighted by Gasteiger charge is -2.23.